The van der Waals surface area contributed by atoms with Crippen LogP contribution in [0.1, 0.15) is 15.9 Å². The van der Waals surface area contributed by atoms with E-state index in [0.717, 1.165) is 5.56 Å². The van der Waals surface area contributed by atoms with Gasteiger partial charge in [0.25, 0.3) is 0 Å². The number of aryl methyl sites for hydroxylation is 1. The van der Waals surface area contributed by atoms with Crippen molar-refractivity contribution in [2.24, 2.45) is 0 Å². The molecule has 0 aliphatic rings. The van der Waals surface area contributed by atoms with E-state index in [1.54, 1.807) is 6.20 Å². The highest BCUT2D eigenvalue weighted by atomic mass is 32.2. The molecule has 0 saturated carbocycles. The van der Waals surface area contributed by atoms with Crippen LogP contribution in [0.4, 0.5) is 0 Å². The minimum atomic E-state index is -0.968. The molecule has 0 unspecified atom stereocenters. The van der Waals surface area contributed by atoms with Crippen LogP contribution >= 0.6 is 11.8 Å². The van der Waals surface area contributed by atoms with Gasteiger partial charge in [0, 0.05) is 6.20 Å². The second-order valence-corrected chi connectivity index (χ2v) is 4.40. The van der Waals surface area contributed by atoms with Gasteiger partial charge < -0.3 is 5.11 Å². The minimum absolute atomic E-state index is 0.211. The number of carbonyl (C=O) groups is 1. The van der Waals surface area contributed by atoms with Gasteiger partial charge in [-0.1, -0.05) is 0 Å². The Kier molecular flexibility index (Phi) is 3.34. The number of aromatic nitrogens is 3. The first kappa shape index (κ1) is 11.5. The van der Waals surface area contributed by atoms with Crippen molar-refractivity contribution in [2.45, 2.75) is 17.0 Å². The van der Waals surface area contributed by atoms with Crippen LogP contribution in [-0.4, -0.2) is 26.3 Å². The first-order valence-electron chi connectivity index (χ1n) is 4.81. The summed E-state index contributed by atoms with van der Waals surface area (Å²) in [5, 5.41) is 17.9. The van der Waals surface area contributed by atoms with Gasteiger partial charge in [0.05, 0.1) is 11.8 Å². The van der Waals surface area contributed by atoms with Crippen LogP contribution in [0.2, 0.25) is 0 Å². The lowest BCUT2D eigenvalue weighted by Gasteiger charge is -2.01. The molecule has 17 heavy (non-hydrogen) atoms. The summed E-state index contributed by atoms with van der Waals surface area (Å²) in [6.07, 6.45) is 3.13. The van der Waals surface area contributed by atoms with Gasteiger partial charge in [-0.15, -0.1) is 5.10 Å². The molecule has 0 aromatic carbocycles. The number of pyridine rings is 1. The smallest absolute Gasteiger partial charge is 0.335 e. The normalized spacial score (nSPS) is 10.2. The predicted octanol–water partition coefficient (Wildman–Crippen LogP) is 2.03. The molecule has 5 nitrogen and oxygen atoms in total. The molecule has 0 fully saturated rings. The van der Waals surface area contributed by atoms with Gasteiger partial charge in [0.2, 0.25) is 0 Å². The largest absolute Gasteiger partial charge is 0.478 e. The molecule has 2 aromatic rings. The number of hydrogen-bond acceptors (Lipinski definition) is 5. The highest BCUT2D eigenvalue weighted by Gasteiger charge is 2.06. The zero-order chi connectivity index (χ0) is 12.3. The standard InChI is InChI=1S/C11H9N3O2S/c1-7-4-10(14-13-6-7)17-9-5-8(11(15)16)2-3-12-9/h2-6H,1H3,(H,15,16). The summed E-state index contributed by atoms with van der Waals surface area (Å²) >= 11 is 1.29. The van der Waals surface area contributed by atoms with Crippen molar-refractivity contribution in [3.8, 4) is 0 Å². The van der Waals surface area contributed by atoms with Crippen molar-refractivity contribution in [1.82, 2.24) is 15.2 Å². The summed E-state index contributed by atoms with van der Waals surface area (Å²) in [6.45, 7) is 1.92. The molecule has 0 radical (unpaired) electrons. The third-order valence-corrected chi connectivity index (χ3v) is 2.80. The Morgan fingerprint density at radius 2 is 2.18 bits per heavy atom. The lowest BCUT2D eigenvalue weighted by atomic mass is 10.3. The zero-order valence-electron chi connectivity index (χ0n) is 8.99. The number of carboxylic acids is 1. The third kappa shape index (κ3) is 3.01. The van der Waals surface area contributed by atoms with Gasteiger partial charge in [0.1, 0.15) is 10.1 Å². The fourth-order valence-corrected chi connectivity index (χ4v) is 2.04. The van der Waals surface area contributed by atoms with E-state index in [0.29, 0.717) is 10.1 Å². The topological polar surface area (TPSA) is 76.0 Å². The molecule has 86 valence electrons. The van der Waals surface area contributed by atoms with Gasteiger partial charge >= 0.3 is 5.97 Å². The highest BCUT2D eigenvalue weighted by molar-refractivity contribution is 7.99. The van der Waals surface area contributed by atoms with Gasteiger partial charge in [-0.3, -0.25) is 0 Å². The van der Waals surface area contributed by atoms with Crippen molar-refractivity contribution in [2.75, 3.05) is 0 Å². The number of nitrogens with zero attached hydrogens (tertiary/aromatic N) is 3. The van der Waals surface area contributed by atoms with Crippen molar-refractivity contribution in [3.63, 3.8) is 0 Å². The van der Waals surface area contributed by atoms with Crippen molar-refractivity contribution in [1.29, 1.82) is 0 Å². The summed E-state index contributed by atoms with van der Waals surface area (Å²) in [6, 6.07) is 4.83. The van der Waals surface area contributed by atoms with Crippen LogP contribution in [0.3, 0.4) is 0 Å². The average molecular weight is 247 g/mol. The molecule has 0 saturated heterocycles. The SMILES string of the molecule is Cc1cnnc(Sc2cc(C(=O)O)ccn2)c1. The second kappa shape index (κ2) is 4.92. The molecule has 2 rings (SSSR count). The number of rotatable bonds is 3. The fraction of sp³-hybridized carbons (Fsp3) is 0.0909. The van der Waals surface area contributed by atoms with E-state index in [1.165, 1.54) is 30.1 Å². The van der Waals surface area contributed by atoms with Crippen LogP contribution in [-0.2, 0) is 0 Å². The quantitative estimate of drug-likeness (QED) is 0.894. The molecule has 0 aliphatic heterocycles. The summed E-state index contributed by atoms with van der Waals surface area (Å²) in [7, 11) is 0. The fourth-order valence-electron chi connectivity index (χ4n) is 1.19. The molecule has 0 amide bonds. The van der Waals surface area contributed by atoms with Gasteiger partial charge in [-0.25, -0.2) is 9.78 Å². The molecule has 0 spiro atoms. The lowest BCUT2D eigenvalue weighted by Crippen LogP contribution is -1.97. The summed E-state index contributed by atoms with van der Waals surface area (Å²) < 4.78 is 0. The van der Waals surface area contributed by atoms with E-state index >= 15 is 0 Å². The average Bonchev–Trinajstić information content (AvgIpc) is 2.29. The highest BCUT2D eigenvalue weighted by Crippen LogP contribution is 2.24. The molecule has 2 heterocycles. The Labute approximate surface area is 102 Å². The number of aromatic carboxylic acids is 1. The lowest BCUT2D eigenvalue weighted by molar-refractivity contribution is 0.0696. The molecule has 6 heteroatoms. The molecule has 2 aromatic heterocycles. The van der Waals surface area contributed by atoms with E-state index in [2.05, 4.69) is 15.2 Å². The summed E-state index contributed by atoms with van der Waals surface area (Å²) in [4.78, 5) is 14.9. The van der Waals surface area contributed by atoms with Crippen LogP contribution in [0, 0.1) is 6.92 Å². The molecule has 0 bridgehead atoms. The first-order valence-corrected chi connectivity index (χ1v) is 5.63. The Bertz CT molecular complexity index is 560. The Hall–Kier alpha value is -1.95. The van der Waals surface area contributed by atoms with E-state index in [4.69, 9.17) is 5.11 Å². The molecular formula is C11H9N3O2S. The van der Waals surface area contributed by atoms with E-state index < -0.39 is 5.97 Å². The van der Waals surface area contributed by atoms with Gasteiger partial charge in [-0.05, 0) is 42.4 Å². The zero-order valence-corrected chi connectivity index (χ0v) is 9.81. The second-order valence-electron chi connectivity index (χ2n) is 3.36. The summed E-state index contributed by atoms with van der Waals surface area (Å²) in [5.41, 5.74) is 1.21. The molecular weight excluding hydrogens is 238 g/mol. The van der Waals surface area contributed by atoms with Crippen LogP contribution in [0.5, 0.6) is 0 Å². The van der Waals surface area contributed by atoms with Crippen LogP contribution in [0.15, 0.2) is 40.6 Å². The minimum Gasteiger partial charge on any atom is -0.478 e. The van der Waals surface area contributed by atoms with Crippen LogP contribution < -0.4 is 0 Å². The number of carboxylic acid groups (broad SMARTS) is 1. The van der Waals surface area contributed by atoms with E-state index in [1.807, 2.05) is 13.0 Å². The van der Waals surface area contributed by atoms with Gasteiger partial charge in [-0.2, -0.15) is 5.10 Å². The first-order chi connectivity index (χ1) is 8.15. The molecule has 0 aliphatic carbocycles. The Morgan fingerprint density at radius 1 is 1.35 bits per heavy atom. The Morgan fingerprint density at radius 3 is 2.88 bits per heavy atom. The number of hydrogen-bond donors (Lipinski definition) is 1. The van der Waals surface area contributed by atoms with Crippen LogP contribution in [0.25, 0.3) is 0 Å². The maximum Gasteiger partial charge on any atom is 0.335 e. The van der Waals surface area contributed by atoms with Crippen molar-refractivity contribution < 1.29 is 9.90 Å². The summed E-state index contributed by atoms with van der Waals surface area (Å²) in [5.74, 6) is -0.968. The maximum atomic E-state index is 10.8. The monoisotopic (exact) mass is 247 g/mol. The van der Waals surface area contributed by atoms with Crippen molar-refractivity contribution in [3.05, 3.63) is 41.7 Å². The Balaban J connectivity index is 2.24. The molecule has 1 N–H and O–H groups in total. The van der Waals surface area contributed by atoms with Crippen molar-refractivity contribution >= 4 is 17.7 Å². The van der Waals surface area contributed by atoms with E-state index in [9.17, 15) is 4.79 Å². The predicted molar refractivity (Wildman–Crippen MR) is 62.1 cm³/mol. The third-order valence-electron chi connectivity index (χ3n) is 1.96. The molecule has 0 atom stereocenters. The van der Waals surface area contributed by atoms with Gasteiger partial charge in [0.15, 0.2) is 0 Å². The maximum absolute atomic E-state index is 10.8. The van der Waals surface area contributed by atoms with E-state index in [-0.39, 0.29) is 5.56 Å².